The molecule has 0 heterocycles. The van der Waals surface area contributed by atoms with Crippen molar-refractivity contribution in [2.24, 2.45) is 5.92 Å². The summed E-state index contributed by atoms with van der Waals surface area (Å²) in [7, 11) is 0. The van der Waals surface area contributed by atoms with Crippen LogP contribution in [0.15, 0.2) is 49.6 Å². The van der Waals surface area contributed by atoms with E-state index in [2.05, 4.69) is 13.2 Å². The summed E-state index contributed by atoms with van der Waals surface area (Å²) >= 11 is 0. The second-order valence-electron chi connectivity index (χ2n) is 3.92. The number of rotatable bonds is 5. The standard InChI is InChI=1S/C14H16F2/c1-4-11(5-2)10-12-6-8-13(9-7-12)14(3,15)16/h4-9,11H,1-2,10H2,3H3. The molecule has 0 bridgehead atoms. The van der Waals surface area contributed by atoms with E-state index in [0.717, 1.165) is 18.9 Å². The number of hydrogen-bond acceptors (Lipinski definition) is 0. The molecule has 0 spiro atoms. The second kappa shape index (κ2) is 5.06. The summed E-state index contributed by atoms with van der Waals surface area (Å²) in [5.41, 5.74) is 1.06. The molecule has 0 aliphatic heterocycles. The Morgan fingerprint density at radius 2 is 1.69 bits per heavy atom. The van der Waals surface area contributed by atoms with Gasteiger partial charge in [0.05, 0.1) is 0 Å². The number of alkyl halides is 2. The van der Waals surface area contributed by atoms with Crippen LogP contribution in [0.1, 0.15) is 18.1 Å². The van der Waals surface area contributed by atoms with Gasteiger partial charge in [0.2, 0.25) is 0 Å². The first kappa shape index (κ1) is 12.6. The highest BCUT2D eigenvalue weighted by atomic mass is 19.3. The summed E-state index contributed by atoms with van der Waals surface area (Å²) in [6.07, 6.45) is 4.35. The van der Waals surface area contributed by atoms with Crippen LogP contribution in [0.25, 0.3) is 0 Å². The molecular weight excluding hydrogens is 206 g/mol. The van der Waals surface area contributed by atoms with E-state index in [1.54, 1.807) is 24.3 Å². The lowest BCUT2D eigenvalue weighted by Gasteiger charge is -2.12. The van der Waals surface area contributed by atoms with E-state index in [4.69, 9.17) is 0 Å². The van der Waals surface area contributed by atoms with Crippen LogP contribution in [0.4, 0.5) is 8.78 Å². The van der Waals surface area contributed by atoms with Gasteiger partial charge in [0, 0.05) is 12.5 Å². The maximum Gasteiger partial charge on any atom is 0.270 e. The summed E-state index contributed by atoms with van der Waals surface area (Å²) in [5, 5.41) is 0. The molecule has 0 aliphatic rings. The van der Waals surface area contributed by atoms with Crippen LogP contribution in [-0.4, -0.2) is 0 Å². The maximum absolute atomic E-state index is 12.9. The van der Waals surface area contributed by atoms with Gasteiger partial charge in [-0.3, -0.25) is 0 Å². The van der Waals surface area contributed by atoms with E-state index >= 15 is 0 Å². The fraction of sp³-hybridized carbons (Fsp3) is 0.286. The highest BCUT2D eigenvalue weighted by Crippen LogP contribution is 2.27. The topological polar surface area (TPSA) is 0 Å². The van der Waals surface area contributed by atoms with Crippen molar-refractivity contribution in [2.75, 3.05) is 0 Å². The lowest BCUT2D eigenvalue weighted by molar-refractivity contribution is 0.0174. The Labute approximate surface area is 95.3 Å². The Morgan fingerprint density at radius 3 is 2.06 bits per heavy atom. The summed E-state index contributed by atoms with van der Waals surface area (Å²) < 4.78 is 25.9. The molecule has 86 valence electrons. The van der Waals surface area contributed by atoms with Crippen molar-refractivity contribution in [3.05, 3.63) is 60.7 Å². The van der Waals surface area contributed by atoms with Crippen LogP contribution < -0.4 is 0 Å². The van der Waals surface area contributed by atoms with Crippen molar-refractivity contribution in [1.29, 1.82) is 0 Å². The van der Waals surface area contributed by atoms with Gasteiger partial charge in [0.1, 0.15) is 0 Å². The molecule has 0 N–H and O–H groups in total. The molecule has 0 aromatic heterocycles. The fourth-order valence-corrected chi connectivity index (χ4v) is 1.47. The Hall–Kier alpha value is -1.44. The van der Waals surface area contributed by atoms with E-state index in [9.17, 15) is 8.78 Å². The van der Waals surface area contributed by atoms with E-state index < -0.39 is 5.92 Å². The van der Waals surface area contributed by atoms with Crippen LogP contribution in [0.3, 0.4) is 0 Å². The van der Waals surface area contributed by atoms with Gasteiger partial charge in [-0.05, 0) is 17.9 Å². The van der Waals surface area contributed by atoms with Crippen molar-refractivity contribution < 1.29 is 8.78 Å². The van der Waals surface area contributed by atoms with Gasteiger partial charge in [-0.25, -0.2) is 8.78 Å². The van der Waals surface area contributed by atoms with Gasteiger partial charge < -0.3 is 0 Å². The smallest absolute Gasteiger partial charge is 0.202 e. The van der Waals surface area contributed by atoms with Crippen LogP contribution in [0.5, 0.6) is 0 Å². The van der Waals surface area contributed by atoms with Gasteiger partial charge in [-0.1, -0.05) is 36.4 Å². The maximum atomic E-state index is 12.9. The molecule has 2 heteroatoms. The third-order valence-electron chi connectivity index (χ3n) is 2.54. The van der Waals surface area contributed by atoms with E-state index in [1.165, 1.54) is 12.1 Å². The molecule has 0 fully saturated rings. The molecule has 0 saturated heterocycles. The zero-order valence-corrected chi connectivity index (χ0v) is 9.42. The van der Waals surface area contributed by atoms with Crippen molar-refractivity contribution in [1.82, 2.24) is 0 Å². The summed E-state index contributed by atoms with van der Waals surface area (Å²) in [6.45, 7) is 8.29. The molecule has 0 saturated carbocycles. The lowest BCUT2D eigenvalue weighted by atomic mass is 9.98. The molecule has 0 unspecified atom stereocenters. The zero-order chi connectivity index (χ0) is 12.2. The molecule has 0 nitrogen and oxygen atoms in total. The predicted molar refractivity (Wildman–Crippen MR) is 63.6 cm³/mol. The number of allylic oxidation sites excluding steroid dienone is 2. The van der Waals surface area contributed by atoms with E-state index in [0.29, 0.717) is 0 Å². The van der Waals surface area contributed by atoms with Crippen molar-refractivity contribution in [3.63, 3.8) is 0 Å². The Balaban J connectivity index is 2.79. The minimum absolute atomic E-state index is 0.0463. The molecule has 0 aliphatic carbocycles. The van der Waals surface area contributed by atoms with Gasteiger partial charge >= 0.3 is 0 Å². The van der Waals surface area contributed by atoms with Crippen LogP contribution >= 0.6 is 0 Å². The van der Waals surface area contributed by atoms with Crippen molar-refractivity contribution in [2.45, 2.75) is 19.3 Å². The quantitative estimate of drug-likeness (QED) is 0.650. The van der Waals surface area contributed by atoms with Gasteiger partial charge in [0.25, 0.3) is 5.92 Å². The third-order valence-corrected chi connectivity index (χ3v) is 2.54. The number of halogens is 2. The molecule has 0 radical (unpaired) electrons. The second-order valence-corrected chi connectivity index (χ2v) is 3.92. The van der Waals surface area contributed by atoms with Crippen LogP contribution in [0.2, 0.25) is 0 Å². The third kappa shape index (κ3) is 3.30. The van der Waals surface area contributed by atoms with Gasteiger partial charge in [-0.15, -0.1) is 13.2 Å². The highest BCUT2D eigenvalue weighted by Gasteiger charge is 2.23. The summed E-state index contributed by atoms with van der Waals surface area (Å²) in [5.74, 6) is -2.58. The minimum Gasteiger partial charge on any atom is -0.202 e. The Morgan fingerprint density at radius 1 is 1.19 bits per heavy atom. The van der Waals surface area contributed by atoms with E-state index in [1.807, 2.05) is 0 Å². The largest absolute Gasteiger partial charge is 0.270 e. The minimum atomic E-state index is -2.77. The van der Waals surface area contributed by atoms with Gasteiger partial charge in [-0.2, -0.15) is 0 Å². The molecule has 1 aromatic rings. The average molecular weight is 222 g/mol. The highest BCUT2D eigenvalue weighted by molar-refractivity contribution is 5.26. The molecule has 0 atom stereocenters. The van der Waals surface area contributed by atoms with Crippen molar-refractivity contribution >= 4 is 0 Å². The number of hydrogen-bond donors (Lipinski definition) is 0. The van der Waals surface area contributed by atoms with E-state index in [-0.39, 0.29) is 11.5 Å². The number of benzene rings is 1. The first-order chi connectivity index (χ1) is 7.47. The van der Waals surface area contributed by atoms with Crippen LogP contribution in [-0.2, 0) is 12.3 Å². The normalized spacial score (nSPS) is 11.5. The van der Waals surface area contributed by atoms with Crippen molar-refractivity contribution in [3.8, 4) is 0 Å². The zero-order valence-electron chi connectivity index (χ0n) is 9.42. The lowest BCUT2D eigenvalue weighted by Crippen LogP contribution is -2.07. The fourth-order valence-electron chi connectivity index (χ4n) is 1.47. The average Bonchev–Trinajstić information content (AvgIpc) is 2.25. The first-order valence-electron chi connectivity index (χ1n) is 5.19. The molecular formula is C14H16F2. The Bertz CT molecular complexity index is 349. The molecule has 1 aromatic carbocycles. The molecule has 16 heavy (non-hydrogen) atoms. The molecule has 1 rings (SSSR count). The predicted octanol–water partition coefficient (Wildman–Crippen LogP) is 4.33. The summed E-state index contributed by atoms with van der Waals surface area (Å²) in [6, 6.07) is 6.40. The summed E-state index contributed by atoms with van der Waals surface area (Å²) in [4.78, 5) is 0. The van der Waals surface area contributed by atoms with Gasteiger partial charge in [0.15, 0.2) is 0 Å². The Kier molecular flexibility index (Phi) is 3.99. The monoisotopic (exact) mass is 222 g/mol. The SMILES string of the molecule is C=CC(C=C)Cc1ccc(C(C)(F)F)cc1. The first-order valence-corrected chi connectivity index (χ1v) is 5.19. The van der Waals surface area contributed by atoms with Crippen LogP contribution in [0, 0.1) is 5.92 Å². The molecule has 0 amide bonds.